The molecule has 4 saturated carbocycles. The van der Waals surface area contributed by atoms with E-state index in [1.165, 1.54) is 55.8 Å². The summed E-state index contributed by atoms with van der Waals surface area (Å²) in [6, 6.07) is 0. The van der Waals surface area contributed by atoms with Gasteiger partial charge in [0, 0.05) is 31.5 Å². The molecule has 7 rings (SSSR count). The van der Waals surface area contributed by atoms with Gasteiger partial charge in [0.2, 0.25) is 0 Å². The van der Waals surface area contributed by atoms with E-state index < -0.39 is 0 Å². The maximum atomic E-state index is 5.53. The van der Waals surface area contributed by atoms with Gasteiger partial charge in [-0.2, -0.15) is 35.3 Å². The van der Waals surface area contributed by atoms with E-state index in [0.717, 1.165) is 25.7 Å². The van der Waals surface area contributed by atoms with Crippen molar-refractivity contribution < 1.29 is 14.2 Å². The summed E-state index contributed by atoms with van der Waals surface area (Å²) >= 11 is 6.86. The smallest absolute Gasteiger partial charge is 0.0900 e. The predicted molar refractivity (Wildman–Crippen MR) is 106 cm³/mol. The Morgan fingerprint density at radius 1 is 0.600 bits per heavy atom. The van der Waals surface area contributed by atoms with Crippen molar-refractivity contribution in [1.82, 2.24) is 0 Å². The minimum Gasteiger partial charge on any atom is -0.372 e. The van der Waals surface area contributed by atoms with E-state index in [9.17, 15) is 0 Å². The van der Waals surface area contributed by atoms with E-state index >= 15 is 0 Å². The lowest BCUT2D eigenvalue weighted by Crippen LogP contribution is -2.63. The maximum Gasteiger partial charge on any atom is 0.0900 e. The molecule has 0 spiro atoms. The second kappa shape index (κ2) is 5.96. The minimum absolute atomic E-state index is 0.528. The van der Waals surface area contributed by atoms with E-state index in [1.807, 2.05) is 0 Å². The molecule has 140 valence electrons. The molecule has 0 radical (unpaired) electrons. The maximum absolute atomic E-state index is 5.53. The second-order valence-corrected chi connectivity index (χ2v) is 13.8. The first kappa shape index (κ1) is 16.8. The fraction of sp³-hybridized carbons (Fsp3) is 1.00. The van der Waals surface area contributed by atoms with Crippen LogP contribution in [0.25, 0.3) is 0 Å². The Balaban J connectivity index is 1.24. The largest absolute Gasteiger partial charge is 0.372 e. The standard InChI is InChI=1S/C19H28O3S3/c1-13-2-18(24-8-15-5-21-15)10-17(1,23-7-14-4-20-14)11-19(3-13,12-18)25-9-16-6-22-16/h13-16H,1-12H2. The van der Waals surface area contributed by atoms with Gasteiger partial charge in [0.05, 0.1) is 38.1 Å². The molecule has 7 fully saturated rings. The first-order valence-electron chi connectivity index (χ1n) is 9.91. The van der Waals surface area contributed by atoms with Crippen molar-refractivity contribution in [2.45, 2.75) is 71.1 Å². The molecule has 3 atom stereocenters. The molecule has 7 aliphatic rings. The molecule has 4 bridgehead atoms. The summed E-state index contributed by atoms with van der Waals surface area (Å²) < 4.78 is 18.2. The molecule has 25 heavy (non-hydrogen) atoms. The van der Waals surface area contributed by atoms with Crippen LogP contribution in [0.1, 0.15) is 38.5 Å². The van der Waals surface area contributed by atoms with Gasteiger partial charge < -0.3 is 14.2 Å². The molecular weight excluding hydrogens is 372 g/mol. The van der Waals surface area contributed by atoms with E-state index in [0.29, 0.717) is 32.6 Å². The molecule has 3 heterocycles. The molecule has 3 unspecified atom stereocenters. The van der Waals surface area contributed by atoms with E-state index in [4.69, 9.17) is 14.2 Å². The van der Waals surface area contributed by atoms with Gasteiger partial charge in [-0.1, -0.05) is 0 Å². The van der Waals surface area contributed by atoms with Crippen molar-refractivity contribution in [3.8, 4) is 0 Å². The van der Waals surface area contributed by atoms with Crippen LogP contribution in [-0.2, 0) is 14.2 Å². The Bertz CT molecular complexity index is 462. The third-order valence-electron chi connectivity index (χ3n) is 6.85. The molecule has 0 aromatic heterocycles. The predicted octanol–water partition coefficient (Wildman–Crippen LogP) is 3.60. The summed E-state index contributed by atoms with van der Waals surface area (Å²) in [5, 5.41) is 0. The number of hydrogen-bond donors (Lipinski definition) is 0. The fourth-order valence-electron chi connectivity index (χ4n) is 5.96. The lowest BCUT2D eigenvalue weighted by atomic mass is 9.55. The van der Waals surface area contributed by atoms with Crippen molar-refractivity contribution >= 4 is 35.3 Å². The van der Waals surface area contributed by atoms with E-state index in [1.54, 1.807) is 0 Å². The second-order valence-electron chi connectivity index (χ2n) is 9.36. The fourth-order valence-corrected chi connectivity index (χ4v) is 11.8. The van der Waals surface area contributed by atoms with Crippen molar-refractivity contribution in [3.05, 3.63) is 0 Å². The van der Waals surface area contributed by atoms with Gasteiger partial charge in [-0.25, -0.2) is 0 Å². The molecule has 4 aliphatic carbocycles. The minimum atomic E-state index is 0.528. The third kappa shape index (κ3) is 3.53. The number of rotatable bonds is 9. The summed E-state index contributed by atoms with van der Waals surface area (Å²) in [6.07, 6.45) is 10.4. The lowest BCUT2D eigenvalue weighted by Gasteiger charge is -2.66. The van der Waals surface area contributed by atoms with Crippen molar-refractivity contribution in [3.63, 3.8) is 0 Å². The van der Waals surface area contributed by atoms with Gasteiger partial charge in [-0.3, -0.25) is 0 Å². The van der Waals surface area contributed by atoms with Crippen LogP contribution in [0.2, 0.25) is 0 Å². The molecule has 3 saturated heterocycles. The molecule has 0 amide bonds. The van der Waals surface area contributed by atoms with Crippen molar-refractivity contribution in [2.24, 2.45) is 5.92 Å². The van der Waals surface area contributed by atoms with Crippen LogP contribution < -0.4 is 0 Å². The van der Waals surface area contributed by atoms with Crippen LogP contribution in [-0.4, -0.2) is 69.6 Å². The van der Waals surface area contributed by atoms with Crippen LogP contribution in [0.15, 0.2) is 0 Å². The average Bonchev–Trinajstić information content (AvgIpc) is 3.46. The molecule has 0 aromatic rings. The zero-order chi connectivity index (χ0) is 16.5. The van der Waals surface area contributed by atoms with Gasteiger partial charge in [0.15, 0.2) is 0 Å². The third-order valence-corrected chi connectivity index (χ3v) is 11.7. The number of ether oxygens (including phenoxy) is 3. The van der Waals surface area contributed by atoms with Gasteiger partial charge in [0.25, 0.3) is 0 Å². The molecule has 3 nitrogen and oxygen atoms in total. The highest BCUT2D eigenvalue weighted by molar-refractivity contribution is 8.02. The number of thioether (sulfide) groups is 3. The van der Waals surface area contributed by atoms with Crippen LogP contribution in [0.4, 0.5) is 0 Å². The van der Waals surface area contributed by atoms with Gasteiger partial charge >= 0.3 is 0 Å². The summed E-state index contributed by atoms with van der Waals surface area (Å²) in [4.78, 5) is 0. The molecule has 0 aromatic carbocycles. The van der Waals surface area contributed by atoms with Crippen molar-refractivity contribution in [1.29, 1.82) is 0 Å². The zero-order valence-electron chi connectivity index (χ0n) is 14.7. The molecule has 3 aliphatic heterocycles. The first-order chi connectivity index (χ1) is 12.1. The summed E-state index contributed by atoms with van der Waals surface area (Å²) in [5.41, 5.74) is 0. The summed E-state index contributed by atoms with van der Waals surface area (Å²) in [6.45, 7) is 3.01. The Morgan fingerprint density at radius 2 is 0.920 bits per heavy atom. The quantitative estimate of drug-likeness (QED) is 0.551. The highest BCUT2D eigenvalue weighted by atomic mass is 32.2. The Labute approximate surface area is 163 Å². The first-order valence-corrected chi connectivity index (χ1v) is 12.9. The number of hydrogen-bond acceptors (Lipinski definition) is 6. The molecular formula is C19H28O3S3. The SMILES string of the molecule is C1OC1CSC12CC3CC(SCC4CO4)(C1)CC(SCC1CO1)(C3)C2. The number of epoxide rings is 3. The van der Waals surface area contributed by atoms with Crippen LogP contribution >= 0.6 is 35.3 Å². The van der Waals surface area contributed by atoms with Crippen LogP contribution in [0.3, 0.4) is 0 Å². The summed E-state index contributed by atoms with van der Waals surface area (Å²) in [5.74, 6) is 4.63. The van der Waals surface area contributed by atoms with E-state index in [-0.39, 0.29) is 0 Å². The monoisotopic (exact) mass is 400 g/mol. The Hall–Kier alpha value is 0.930. The Kier molecular flexibility index (Phi) is 4.02. The van der Waals surface area contributed by atoms with Gasteiger partial charge in [0.1, 0.15) is 0 Å². The highest BCUT2D eigenvalue weighted by Crippen LogP contribution is 2.70. The van der Waals surface area contributed by atoms with Crippen LogP contribution in [0, 0.1) is 5.92 Å². The average molecular weight is 401 g/mol. The van der Waals surface area contributed by atoms with Gasteiger partial charge in [-0.05, 0) is 44.4 Å². The highest BCUT2D eigenvalue weighted by Gasteiger charge is 2.64. The van der Waals surface area contributed by atoms with Crippen LogP contribution in [0.5, 0.6) is 0 Å². The molecule has 0 N–H and O–H groups in total. The zero-order valence-corrected chi connectivity index (χ0v) is 17.2. The molecule has 6 heteroatoms. The Morgan fingerprint density at radius 3 is 1.20 bits per heavy atom. The summed E-state index contributed by atoms with van der Waals surface area (Å²) in [7, 11) is 0. The van der Waals surface area contributed by atoms with E-state index in [2.05, 4.69) is 35.3 Å². The van der Waals surface area contributed by atoms with Crippen molar-refractivity contribution in [2.75, 3.05) is 37.1 Å². The normalized spacial score (nSPS) is 54.7. The lowest BCUT2D eigenvalue weighted by molar-refractivity contribution is 0.0771. The topological polar surface area (TPSA) is 37.6 Å². The van der Waals surface area contributed by atoms with Gasteiger partial charge in [-0.15, -0.1) is 0 Å².